The van der Waals surface area contributed by atoms with E-state index in [9.17, 15) is 8.78 Å². The summed E-state index contributed by atoms with van der Waals surface area (Å²) in [7, 11) is 0. The Labute approximate surface area is 103 Å². The van der Waals surface area contributed by atoms with Gasteiger partial charge in [-0.25, -0.2) is 13.8 Å². The number of nitrogens with one attached hydrogen (secondary N) is 1. The number of pyridine rings is 1. The van der Waals surface area contributed by atoms with Crippen LogP contribution in [0.15, 0.2) is 30.3 Å². The molecular weight excluding hydrogens is 236 g/mol. The van der Waals surface area contributed by atoms with Crippen LogP contribution in [-0.2, 0) is 0 Å². The SMILES string of the molecule is CC(=N)c1ccc(-c2c(F)cccc2F)nc1N. The largest absolute Gasteiger partial charge is 0.383 e. The van der Waals surface area contributed by atoms with Crippen molar-refractivity contribution >= 4 is 11.5 Å². The molecule has 0 bridgehead atoms. The van der Waals surface area contributed by atoms with Crippen LogP contribution >= 0.6 is 0 Å². The maximum atomic E-state index is 13.6. The number of nitrogens with two attached hydrogens (primary N) is 1. The van der Waals surface area contributed by atoms with Crippen molar-refractivity contribution in [2.45, 2.75) is 6.92 Å². The Balaban J connectivity index is 2.59. The molecule has 5 heteroatoms. The zero-order valence-corrected chi connectivity index (χ0v) is 9.67. The third-order valence-electron chi connectivity index (χ3n) is 2.55. The highest BCUT2D eigenvalue weighted by Crippen LogP contribution is 2.26. The second-order valence-corrected chi connectivity index (χ2v) is 3.85. The first-order valence-electron chi connectivity index (χ1n) is 5.27. The Morgan fingerprint density at radius 3 is 2.28 bits per heavy atom. The summed E-state index contributed by atoms with van der Waals surface area (Å²) in [6, 6.07) is 6.59. The van der Waals surface area contributed by atoms with E-state index in [4.69, 9.17) is 11.1 Å². The lowest BCUT2D eigenvalue weighted by atomic mass is 10.1. The van der Waals surface area contributed by atoms with Crippen LogP contribution in [0.1, 0.15) is 12.5 Å². The van der Waals surface area contributed by atoms with Gasteiger partial charge in [-0.2, -0.15) is 0 Å². The standard InChI is InChI=1S/C13H11F2N3/c1-7(16)8-5-6-11(18-13(8)17)12-9(14)3-2-4-10(12)15/h2-6,16H,1H3,(H2,17,18). The molecule has 0 saturated heterocycles. The van der Waals surface area contributed by atoms with Crippen molar-refractivity contribution in [3.05, 3.63) is 47.5 Å². The molecule has 0 fully saturated rings. The van der Waals surface area contributed by atoms with E-state index in [0.29, 0.717) is 5.56 Å². The molecule has 1 heterocycles. The number of benzene rings is 1. The number of anilines is 1. The van der Waals surface area contributed by atoms with Gasteiger partial charge in [0.25, 0.3) is 0 Å². The number of halogens is 2. The lowest BCUT2D eigenvalue weighted by molar-refractivity contribution is 0.589. The molecule has 0 atom stereocenters. The first-order valence-corrected chi connectivity index (χ1v) is 5.27. The second-order valence-electron chi connectivity index (χ2n) is 3.85. The van der Waals surface area contributed by atoms with Crippen molar-refractivity contribution in [2.75, 3.05) is 5.73 Å². The molecule has 2 aromatic rings. The van der Waals surface area contributed by atoms with Crippen LogP contribution < -0.4 is 5.73 Å². The molecule has 0 aliphatic rings. The van der Waals surface area contributed by atoms with Crippen molar-refractivity contribution in [3.63, 3.8) is 0 Å². The lowest BCUT2D eigenvalue weighted by Gasteiger charge is -2.08. The van der Waals surface area contributed by atoms with E-state index in [1.165, 1.54) is 18.2 Å². The van der Waals surface area contributed by atoms with E-state index < -0.39 is 11.6 Å². The fourth-order valence-corrected chi connectivity index (χ4v) is 1.67. The van der Waals surface area contributed by atoms with Gasteiger partial charge in [0.05, 0.1) is 11.3 Å². The third kappa shape index (κ3) is 2.07. The average molecular weight is 247 g/mol. The fourth-order valence-electron chi connectivity index (χ4n) is 1.67. The molecule has 0 aliphatic heterocycles. The lowest BCUT2D eigenvalue weighted by Crippen LogP contribution is -2.04. The van der Waals surface area contributed by atoms with Crippen molar-refractivity contribution < 1.29 is 8.78 Å². The number of aromatic nitrogens is 1. The summed E-state index contributed by atoms with van der Waals surface area (Å²) in [4.78, 5) is 3.94. The summed E-state index contributed by atoms with van der Waals surface area (Å²) >= 11 is 0. The smallest absolute Gasteiger partial charge is 0.135 e. The van der Waals surface area contributed by atoms with Gasteiger partial charge in [0, 0.05) is 11.3 Å². The molecule has 3 N–H and O–H groups in total. The highest BCUT2D eigenvalue weighted by Gasteiger charge is 2.14. The van der Waals surface area contributed by atoms with Gasteiger partial charge >= 0.3 is 0 Å². The molecule has 2 rings (SSSR count). The number of nitrogen functional groups attached to an aromatic ring is 1. The maximum absolute atomic E-state index is 13.6. The molecule has 18 heavy (non-hydrogen) atoms. The van der Waals surface area contributed by atoms with Crippen LogP contribution in [0.3, 0.4) is 0 Å². The zero-order valence-electron chi connectivity index (χ0n) is 9.67. The summed E-state index contributed by atoms with van der Waals surface area (Å²) in [5.74, 6) is -1.30. The molecule has 0 spiro atoms. The quantitative estimate of drug-likeness (QED) is 0.801. The maximum Gasteiger partial charge on any atom is 0.135 e. The van der Waals surface area contributed by atoms with Gasteiger partial charge in [-0.1, -0.05) is 6.07 Å². The fraction of sp³-hybridized carbons (Fsp3) is 0.0769. The summed E-state index contributed by atoms with van der Waals surface area (Å²) in [5.41, 5.74) is 6.28. The topological polar surface area (TPSA) is 62.8 Å². The predicted octanol–water partition coefficient (Wildman–Crippen LogP) is 3.00. The summed E-state index contributed by atoms with van der Waals surface area (Å²) in [5, 5.41) is 7.47. The molecule has 92 valence electrons. The van der Waals surface area contributed by atoms with Gasteiger partial charge in [-0.05, 0) is 31.2 Å². The van der Waals surface area contributed by atoms with Crippen LogP contribution in [-0.4, -0.2) is 10.7 Å². The summed E-state index contributed by atoms with van der Waals surface area (Å²) < 4.78 is 27.1. The second kappa shape index (κ2) is 4.52. The molecule has 0 unspecified atom stereocenters. The van der Waals surface area contributed by atoms with E-state index in [2.05, 4.69) is 4.98 Å². The molecular formula is C13H11F2N3. The van der Waals surface area contributed by atoms with Crippen molar-refractivity contribution in [2.24, 2.45) is 0 Å². The zero-order chi connectivity index (χ0) is 13.3. The molecule has 3 nitrogen and oxygen atoms in total. The van der Waals surface area contributed by atoms with E-state index in [1.807, 2.05) is 0 Å². The Hall–Kier alpha value is -2.30. The summed E-state index contributed by atoms with van der Waals surface area (Å²) in [6.07, 6.45) is 0. The van der Waals surface area contributed by atoms with Gasteiger partial charge in [0.1, 0.15) is 17.5 Å². The Morgan fingerprint density at radius 2 is 1.78 bits per heavy atom. The average Bonchev–Trinajstić information content (AvgIpc) is 2.28. The van der Waals surface area contributed by atoms with Gasteiger partial charge in [-0.15, -0.1) is 0 Å². The van der Waals surface area contributed by atoms with Gasteiger partial charge in [0.2, 0.25) is 0 Å². The van der Waals surface area contributed by atoms with Gasteiger partial charge in [-0.3, -0.25) is 0 Å². The normalized spacial score (nSPS) is 10.4. The van der Waals surface area contributed by atoms with Crippen LogP contribution in [0.25, 0.3) is 11.3 Å². The first-order chi connectivity index (χ1) is 8.50. The highest BCUT2D eigenvalue weighted by atomic mass is 19.1. The Morgan fingerprint density at radius 1 is 1.17 bits per heavy atom. The van der Waals surface area contributed by atoms with Crippen LogP contribution in [0.2, 0.25) is 0 Å². The minimum atomic E-state index is -0.693. The number of rotatable bonds is 2. The van der Waals surface area contributed by atoms with Crippen LogP contribution in [0.4, 0.5) is 14.6 Å². The van der Waals surface area contributed by atoms with E-state index in [1.54, 1.807) is 6.92 Å². The van der Waals surface area contributed by atoms with Crippen molar-refractivity contribution in [3.8, 4) is 11.3 Å². The van der Waals surface area contributed by atoms with E-state index >= 15 is 0 Å². The van der Waals surface area contributed by atoms with Crippen molar-refractivity contribution in [1.29, 1.82) is 5.41 Å². The molecule has 1 aromatic heterocycles. The van der Waals surface area contributed by atoms with Crippen LogP contribution in [0, 0.1) is 17.0 Å². The first kappa shape index (κ1) is 12.2. The third-order valence-corrected chi connectivity index (χ3v) is 2.55. The molecule has 0 amide bonds. The monoisotopic (exact) mass is 247 g/mol. The van der Waals surface area contributed by atoms with E-state index in [0.717, 1.165) is 12.1 Å². The minimum Gasteiger partial charge on any atom is -0.383 e. The van der Waals surface area contributed by atoms with Crippen LogP contribution in [0.5, 0.6) is 0 Å². The molecule has 0 saturated carbocycles. The Kier molecular flexibility index (Phi) is 3.06. The Bertz CT molecular complexity index is 603. The number of hydrogen-bond donors (Lipinski definition) is 2. The van der Waals surface area contributed by atoms with E-state index in [-0.39, 0.29) is 22.8 Å². The molecule has 0 radical (unpaired) electrons. The number of hydrogen-bond acceptors (Lipinski definition) is 3. The van der Waals surface area contributed by atoms with Crippen molar-refractivity contribution in [1.82, 2.24) is 4.98 Å². The molecule has 0 aliphatic carbocycles. The summed E-state index contributed by atoms with van der Waals surface area (Å²) in [6.45, 7) is 1.57. The minimum absolute atomic E-state index is 0.0858. The molecule has 1 aromatic carbocycles. The number of nitrogens with zero attached hydrogens (tertiary/aromatic N) is 1. The van der Waals surface area contributed by atoms with Gasteiger partial charge < -0.3 is 11.1 Å². The highest BCUT2D eigenvalue weighted by molar-refractivity contribution is 6.00. The predicted molar refractivity (Wildman–Crippen MR) is 66.5 cm³/mol. The van der Waals surface area contributed by atoms with Gasteiger partial charge in [0.15, 0.2) is 0 Å².